The highest BCUT2D eigenvalue weighted by Crippen LogP contribution is 2.33. The average Bonchev–Trinajstić information content (AvgIpc) is 3.07. The number of benzene rings is 2. The number of thioether (sulfide) groups is 1. The van der Waals surface area contributed by atoms with Crippen LogP contribution < -0.4 is 0 Å². The van der Waals surface area contributed by atoms with Crippen molar-refractivity contribution in [1.29, 1.82) is 0 Å². The Morgan fingerprint density at radius 2 is 1.62 bits per heavy atom. The summed E-state index contributed by atoms with van der Waals surface area (Å²) in [5.41, 5.74) is 0.982. The number of carboxylic acids is 1. The molecule has 2 unspecified atom stereocenters. The zero-order valence-corrected chi connectivity index (χ0v) is 14.0. The van der Waals surface area contributed by atoms with E-state index in [1.165, 1.54) is 11.8 Å². The summed E-state index contributed by atoms with van der Waals surface area (Å²) in [6.45, 7) is 0.748. The van der Waals surface area contributed by atoms with Crippen LogP contribution in [0.2, 0.25) is 0 Å². The summed E-state index contributed by atoms with van der Waals surface area (Å²) in [5, 5.41) is 9.51. The van der Waals surface area contributed by atoms with E-state index < -0.39 is 11.9 Å². The van der Waals surface area contributed by atoms with Crippen LogP contribution in [0.25, 0.3) is 0 Å². The second-order valence-corrected chi connectivity index (χ2v) is 6.91. The highest BCUT2D eigenvalue weighted by molar-refractivity contribution is 8.00. The Morgan fingerprint density at radius 1 is 1.00 bits per heavy atom. The number of amides is 1. The van der Waals surface area contributed by atoms with Crippen LogP contribution in [0.5, 0.6) is 0 Å². The Morgan fingerprint density at radius 3 is 2.25 bits per heavy atom. The van der Waals surface area contributed by atoms with E-state index in [9.17, 15) is 14.7 Å². The number of nitrogens with zero attached hydrogens (tertiary/aromatic N) is 1. The summed E-state index contributed by atoms with van der Waals surface area (Å²) in [6.07, 6.45) is 0. The number of hydrogen-bond donors (Lipinski definition) is 1. The van der Waals surface area contributed by atoms with Crippen LogP contribution in [-0.2, 0) is 9.59 Å². The third kappa shape index (κ3) is 3.79. The van der Waals surface area contributed by atoms with Gasteiger partial charge in [-0.25, -0.2) is 0 Å². The Balaban J connectivity index is 1.66. The molecule has 0 spiro atoms. The average molecular weight is 341 g/mol. The topological polar surface area (TPSA) is 57.6 Å². The van der Waals surface area contributed by atoms with Crippen LogP contribution in [0.3, 0.4) is 0 Å². The molecule has 1 saturated heterocycles. The minimum atomic E-state index is -0.838. The van der Waals surface area contributed by atoms with E-state index in [2.05, 4.69) is 0 Å². The Labute approximate surface area is 145 Å². The molecule has 4 nitrogen and oxygen atoms in total. The SMILES string of the molecule is O=C(O)C1CN(C(=O)CSc2ccccc2)CC1c1ccccc1. The van der Waals surface area contributed by atoms with Gasteiger partial charge in [0.25, 0.3) is 0 Å². The van der Waals surface area contributed by atoms with E-state index >= 15 is 0 Å². The van der Waals surface area contributed by atoms with Crippen LogP contribution in [-0.4, -0.2) is 40.7 Å². The molecule has 2 aromatic carbocycles. The van der Waals surface area contributed by atoms with Crippen molar-refractivity contribution in [3.63, 3.8) is 0 Å². The second kappa shape index (κ2) is 7.53. The molecule has 1 N–H and O–H groups in total. The van der Waals surface area contributed by atoms with Gasteiger partial charge in [-0.15, -0.1) is 11.8 Å². The normalized spacial score (nSPS) is 20.1. The van der Waals surface area contributed by atoms with Gasteiger partial charge in [0.1, 0.15) is 0 Å². The first-order valence-corrected chi connectivity index (χ1v) is 8.87. The number of hydrogen-bond acceptors (Lipinski definition) is 3. The molecule has 1 aliphatic heterocycles. The summed E-state index contributed by atoms with van der Waals surface area (Å²) in [7, 11) is 0. The highest BCUT2D eigenvalue weighted by Gasteiger charge is 2.40. The van der Waals surface area contributed by atoms with E-state index in [1.807, 2.05) is 60.7 Å². The van der Waals surface area contributed by atoms with Gasteiger partial charge >= 0.3 is 5.97 Å². The van der Waals surface area contributed by atoms with Gasteiger partial charge in [-0.05, 0) is 17.7 Å². The smallest absolute Gasteiger partial charge is 0.308 e. The summed E-state index contributed by atoms with van der Waals surface area (Å²) in [5.74, 6) is -1.20. The fourth-order valence-electron chi connectivity index (χ4n) is 3.05. The predicted molar refractivity (Wildman–Crippen MR) is 94.1 cm³/mol. The second-order valence-electron chi connectivity index (χ2n) is 5.86. The predicted octanol–water partition coefficient (Wildman–Crippen LogP) is 3.11. The molecule has 24 heavy (non-hydrogen) atoms. The van der Waals surface area contributed by atoms with Crippen molar-refractivity contribution in [3.8, 4) is 0 Å². The van der Waals surface area contributed by atoms with Crippen molar-refractivity contribution in [2.45, 2.75) is 10.8 Å². The summed E-state index contributed by atoms with van der Waals surface area (Å²) < 4.78 is 0. The van der Waals surface area contributed by atoms with E-state index in [0.29, 0.717) is 12.3 Å². The lowest BCUT2D eigenvalue weighted by Crippen LogP contribution is -2.31. The minimum absolute atomic E-state index is 0.00599. The maximum absolute atomic E-state index is 12.5. The molecule has 0 saturated carbocycles. The van der Waals surface area contributed by atoms with Gasteiger partial charge in [0.2, 0.25) is 5.91 Å². The molecule has 0 aliphatic carbocycles. The molecule has 1 amide bonds. The van der Waals surface area contributed by atoms with Crippen molar-refractivity contribution < 1.29 is 14.7 Å². The molecular formula is C19H19NO3S. The summed E-state index contributed by atoms with van der Waals surface area (Å²) in [4.78, 5) is 26.8. The van der Waals surface area contributed by atoms with Crippen molar-refractivity contribution in [2.24, 2.45) is 5.92 Å². The zero-order chi connectivity index (χ0) is 16.9. The van der Waals surface area contributed by atoms with Crippen LogP contribution in [0.15, 0.2) is 65.6 Å². The molecular weight excluding hydrogens is 322 g/mol. The molecule has 3 rings (SSSR count). The summed E-state index contributed by atoms with van der Waals surface area (Å²) in [6, 6.07) is 19.4. The molecule has 0 bridgehead atoms. The van der Waals surface area contributed by atoms with Gasteiger partial charge in [0, 0.05) is 23.9 Å². The fourth-order valence-corrected chi connectivity index (χ4v) is 3.87. The zero-order valence-electron chi connectivity index (χ0n) is 13.2. The lowest BCUT2D eigenvalue weighted by Gasteiger charge is -2.16. The largest absolute Gasteiger partial charge is 0.481 e. The van der Waals surface area contributed by atoms with Crippen LogP contribution >= 0.6 is 11.8 Å². The third-order valence-corrected chi connectivity index (χ3v) is 5.32. The highest BCUT2D eigenvalue weighted by atomic mass is 32.2. The molecule has 5 heteroatoms. The standard InChI is InChI=1S/C19H19NO3S/c21-18(13-24-15-9-5-2-6-10-15)20-11-16(17(12-20)19(22)23)14-7-3-1-4-8-14/h1-10,16-17H,11-13H2,(H,22,23). The first kappa shape index (κ1) is 16.6. The molecule has 0 aromatic heterocycles. The van der Waals surface area contributed by atoms with Gasteiger partial charge in [-0.2, -0.15) is 0 Å². The fraction of sp³-hybridized carbons (Fsp3) is 0.263. The summed E-state index contributed by atoms with van der Waals surface area (Å²) >= 11 is 1.48. The number of carbonyl (C=O) groups excluding carboxylic acids is 1. The van der Waals surface area contributed by atoms with Crippen molar-refractivity contribution >= 4 is 23.6 Å². The first-order valence-electron chi connectivity index (χ1n) is 7.88. The Hall–Kier alpha value is -2.27. The first-order chi connectivity index (χ1) is 11.6. The van der Waals surface area contributed by atoms with Gasteiger partial charge < -0.3 is 10.0 Å². The lowest BCUT2D eigenvalue weighted by atomic mass is 9.89. The number of carbonyl (C=O) groups is 2. The van der Waals surface area contributed by atoms with E-state index in [0.717, 1.165) is 10.5 Å². The van der Waals surface area contributed by atoms with Crippen molar-refractivity contribution in [1.82, 2.24) is 4.90 Å². The molecule has 1 aliphatic rings. The van der Waals surface area contributed by atoms with Gasteiger partial charge in [-0.1, -0.05) is 48.5 Å². The van der Waals surface area contributed by atoms with E-state index in [-0.39, 0.29) is 18.4 Å². The maximum Gasteiger partial charge on any atom is 0.308 e. The maximum atomic E-state index is 12.5. The van der Waals surface area contributed by atoms with E-state index in [4.69, 9.17) is 0 Å². The van der Waals surface area contributed by atoms with Gasteiger partial charge in [-0.3, -0.25) is 9.59 Å². The number of likely N-dealkylation sites (tertiary alicyclic amines) is 1. The van der Waals surface area contributed by atoms with E-state index in [1.54, 1.807) is 4.90 Å². The lowest BCUT2D eigenvalue weighted by molar-refractivity contribution is -0.141. The van der Waals surface area contributed by atoms with Crippen molar-refractivity contribution in [2.75, 3.05) is 18.8 Å². The Kier molecular flexibility index (Phi) is 5.20. The third-order valence-electron chi connectivity index (χ3n) is 4.32. The molecule has 0 radical (unpaired) electrons. The van der Waals surface area contributed by atoms with Gasteiger partial charge in [0.15, 0.2) is 0 Å². The quantitative estimate of drug-likeness (QED) is 0.849. The minimum Gasteiger partial charge on any atom is -0.481 e. The molecule has 124 valence electrons. The number of carboxylic acid groups (broad SMARTS) is 1. The molecule has 1 fully saturated rings. The number of rotatable bonds is 5. The van der Waals surface area contributed by atoms with Gasteiger partial charge in [0.05, 0.1) is 11.7 Å². The van der Waals surface area contributed by atoms with Crippen LogP contribution in [0.1, 0.15) is 11.5 Å². The molecule has 2 atom stereocenters. The molecule has 2 aromatic rings. The van der Waals surface area contributed by atoms with Crippen LogP contribution in [0, 0.1) is 5.92 Å². The molecule has 1 heterocycles. The number of aliphatic carboxylic acids is 1. The van der Waals surface area contributed by atoms with Crippen LogP contribution in [0.4, 0.5) is 0 Å². The Bertz CT molecular complexity index is 705. The van der Waals surface area contributed by atoms with Crippen molar-refractivity contribution in [3.05, 3.63) is 66.2 Å². The monoisotopic (exact) mass is 341 g/mol.